The molecule has 1 N–H and O–H groups in total. The Morgan fingerprint density at radius 1 is 1.08 bits per heavy atom. The number of carboxylic acids is 1. The molecule has 0 spiro atoms. The van der Waals surface area contributed by atoms with E-state index in [1.165, 1.54) is 17.1 Å². The fourth-order valence-electron chi connectivity index (χ4n) is 4.62. The van der Waals surface area contributed by atoms with Crippen LogP contribution in [0.4, 0.5) is 0 Å². The predicted octanol–water partition coefficient (Wildman–Crippen LogP) is 3.22. The van der Waals surface area contributed by atoms with E-state index in [0.717, 1.165) is 13.0 Å². The number of likely N-dealkylation sites (tertiary alicyclic amines) is 1. The monoisotopic (exact) mass is 347 g/mol. The van der Waals surface area contributed by atoms with Crippen LogP contribution >= 0.6 is 0 Å². The lowest BCUT2D eigenvalue weighted by Gasteiger charge is -2.42. The van der Waals surface area contributed by atoms with Crippen LogP contribution in [0.5, 0.6) is 0 Å². The number of amidine groups is 1. The molecule has 0 saturated carbocycles. The van der Waals surface area contributed by atoms with Gasteiger partial charge in [-0.25, -0.2) is 0 Å². The highest BCUT2D eigenvalue weighted by atomic mass is 16.4. The lowest BCUT2D eigenvalue weighted by Crippen LogP contribution is -2.55. The summed E-state index contributed by atoms with van der Waals surface area (Å²) in [6.45, 7) is 18.0. The van der Waals surface area contributed by atoms with Gasteiger partial charge in [-0.1, -0.05) is 41.5 Å². The molecular weight excluding hydrogens is 314 g/mol. The molecule has 25 heavy (non-hydrogen) atoms. The van der Waals surface area contributed by atoms with Crippen LogP contribution < -0.4 is 0 Å². The van der Waals surface area contributed by atoms with Crippen LogP contribution in [0.1, 0.15) is 54.9 Å². The Morgan fingerprint density at radius 3 is 2.16 bits per heavy atom. The lowest BCUT2D eigenvalue weighted by molar-refractivity contribution is -0.148. The van der Waals surface area contributed by atoms with Gasteiger partial charge in [0.25, 0.3) is 0 Å². The van der Waals surface area contributed by atoms with Gasteiger partial charge in [0.2, 0.25) is 0 Å². The van der Waals surface area contributed by atoms with Crippen molar-refractivity contribution >= 4 is 11.8 Å². The van der Waals surface area contributed by atoms with E-state index in [1.807, 2.05) is 0 Å². The number of nitrogens with zero attached hydrogens (tertiary/aromatic N) is 3. The van der Waals surface area contributed by atoms with Crippen molar-refractivity contribution in [2.75, 3.05) is 19.6 Å². The number of carboxylic acid groups (broad SMARTS) is 1. The molecule has 3 aliphatic rings. The molecule has 2 saturated heterocycles. The van der Waals surface area contributed by atoms with Gasteiger partial charge in [0.15, 0.2) is 0 Å². The summed E-state index contributed by atoms with van der Waals surface area (Å²) in [6, 6.07) is 0.614. The van der Waals surface area contributed by atoms with E-state index in [2.05, 4.69) is 58.3 Å². The van der Waals surface area contributed by atoms with Crippen molar-refractivity contribution in [1.29, 1.82) is 0 Å². The summed E-state index contributed by atoms with van der Waals surface area (Å²) in [4.78, 5) is 21.0. The molecule has 0 bridgehead atoms. The number of hydrogen-bond acceptors (Lipinski definition) is 4. The third-order valence-corrected chi connectivity index (χ3v) is 5.70. The Hall–Kier alpha value is -1.36. The largest absolute Gasteiger partial charge is 0.481 e. The van der Waals surface area contributed by atoms with Crippen LogP contribution in [0.2, 0.25) is 0 Å². The highest BCUT2D eigenvalue weighted by Crippen LogP contribution is 2.44. The summed E-state index contributed by atoms with van der Waals surface area (Å²) in [5, 5.41) is 9.17. The molecule has 5 heteroatoms. The first kappa shape index (κ1) is 18.4. The summed E-state index contributed by atoms with van der Waals surface area (Å²) in [5.41, 5.74) is 2.98. The molecule has 2 fully saturated rings. The molecule has 1 unspecified atom stereocenters. The Balaban J connectivity index is 1.90. The Kier molecular flexibility index (Phi) is 4.30. The van der Waals surface area contributed by atoms with Gasteiger partial charge < -0.3 is 10.0 Å². The van der Waals surface area contributed by atoms with Crippen LogP contribution in [0.15, 0.2) is 16.3 Å². The zero-order valence-corrected chi connectivity index (χ0v) is 16.8. The van der Waals surface area contributed by atoms with Gasteiger partial charge in [-0.2, -0.15) is 0 Å². The number of hydrogen-bond donors (Lipinski definition) is 1. The molecule has 5 nitrogen and oxygen atoms in total. The quantitative estimate of drug-likeness (QED) is 0.833. The zero-order chi connectivity index (χ0) is 18.7. The second-order valence-electron chi connectivity index (χ2n) is 9.95. The standard InChI is InChI=1S/C20H33N3O2/c1-12-16(19(2,3)4)15-8-14(22-9-13(10-22)17(24)25)11-23(15)18(21-12)20(5,6)7/h12-14H,8-11H2,1-7H3,(H,24,25)/t12-,14?/m0/s1. The van der Waals surface area contributed by atoms with E-state index in [9.17, 15) is 4.79 Å². The molecule has 2 atom stereocenters. The van der Waals surface area contributed by atoms with Crippen molar-refractivity contribution in [2.24, 2.45) is 21.7 Å². The van der Waals surface area contributed by atoms with Crippen molar-refractivity contribution in [3.8, 4) is 0 Å². The minimum absolute atomic E-state index is 0.0103. The number of aliphatic imine (C=N–C) groups is 1. The summed E-state index contributed by atoms with van der Waals surface area (Å²) >= 11 is 0. The van der Waals surface area contributed by atoms with Crippen molar-refractivity contribution < 1.29 is 9.90 Å². The van der Waals surface area contributed by atoms with Crippen LogP contribution in [-0.2, 0) is 4.79 Å². The number of rotatable bonds is 2. The molecule has 3 rings (SSSR count). The van der Waals surface area contributed by atoms with E-state index in [-0.39, 0.29) is 22.8 Å². The van der Waals surface area contributed by atoms with Gasteiger partial charge >= 0.3 is 5.97 Å². The maximum atomic E-state index is 11.1. The fraction of sp³-hybridized carbons (Fsp3) is 0.800. The molecule has 0 aromatic rings. The molecule has 0 aromatic heterocycles. The van der Waals surface area contributed by atoms with E-state index in [4.69, 9.17) is 10.1 Å². The summed E-state index contributed by atoms with van der Waals surface area (Å²) in [6.07, 6.45) is 1.01. The highest BCUT2D eigenvalue weighted by molar-refractivity contribution is 5.90. The third-order valence-electron chi connectivity index (χ3n) is 5.70. The highest BCUT2D eigenvalue weighted by Gasteiger charge is 2.46. The van der Waals surface area contributed by atoms with Crippen molar-refractivity contribution in [1.82, 2.24) is 9.80 Å². The van der Waals surface area contributed by atoms with Crippen LogP contribution in [0.3, 0.4) is 0 Å². The average Bonchev–Trinajstić information content (AvgIpc) is 2.75. The van der Waals surface area contributed by atoms with Crippen LogP contribution in [0, 0.1) is 16.7 Å². The minimum Gasteiger partial charge on any atom is -0.481 e. The van der Waals surface area contributed by atoms with Gasteiger partial charge in [0.05, 0.1) is 12.0 Å². The topological polar surface area (TPSA) is 56.1 Å². The normalized spacial score (nSPS) is 28.8. The second kappa shape index (κ2) is 5.83. The number of aliphatic carboxylic acids is 1. The molecule has 140 valence electrons. The van der Waals surface area contributed by atoms with Crippen molar-refractivity contribution in [2.45, 2.75) is 67.0 Å². The van der Waals surface area contributed by atoms with Gasteiger partial charge in [-0.05, 0) is 17.9 Å². The predicted molar refractivity (Wildman–Crippen MR) is 101 cm³/mol. The third kappa shape index (κ3) is 3.23. The summed E-state index contributed by atoms with van der Waals surface area (Å²) in [5.74, 6) is 0.330. The fourth-order valence-corrected chi connectivity index (χ4v) is 4.62. The maximum Gasteiger partial charge on any atom is 0.309 e. The van der Waals surface area contributed by atoms with Crippen molar-refractivity contribution in [3.05, 3.63) is 11.3 Å². The molecule has 0 aliphatic carbocycles. The summed E-state index contributed by atoms with van der Waals surface area (Å²) < 4.78 is 0. The Bertz CT molecular complexity index is 630. The zero-order valence-electron chi connectivity index (χ0n) is 16.8. The second-order valence-corrected chi connectivity index (χ2v) is 9.95. The molecule has 0 aromatic carbocycles. The first-order valence-electron chi connectivity index (χ1n) is 9.45. The smallest absolute Gasteiger partial charge is 0.309 e. The Labute approximate surface area is 151 Å². The summed E-state index contributed by atoms with van der Waals surface area (Å²) in [7, 11) is 0. The first-order valence-corrected chi connectivity index (χ1v) is 9.45. The molecule has 0 radical (unpaired) electrons. The van der Waals surface area contributed by atoms with E-state index in [1.54, 1.807) is 0 Å². The lowest BCUT2D eigenvalue weighted by atomic mass is 9.79. The molecular formula is C20H33N3O2. The Morgan fingerprint density at radius 2 is 1.68 bits per heavy atom. The van der Waals surface area contributed by atoms with Crippen molar-refractivity contribution in [3.63, 3.8) is 0 Å². The number of fused-ring (bicyclic) bond motifs is 1. The molecule has 0 amide bonds. The number of carbonyl (C=O) groups is 1. The van der Waals surface area contributed by atoms with E-state index in [0.29, 0.717) is 19.1 Å². The first-order chi connectivity index (χ1) is 11.4. The van der Waals surface area contributed by atoms with Gasteiger partial charge in [0, 0.05) is 43.2 Å². The average molecular weight is 348 g/mol. The molecule has 3 heterocycles. The van der Waals surface area contributed by atoms with Gasteiger partial charge in [0.1, 0.15) is 5.84 Å². The van der Waals surface area contributed by atoms with Gasteiger partial charge in [-0.15, -0.1) is 0 Å². The maximum absolute atomic E-state index is 11.1. The van der Waals surface area contributed by atoms with Crippen LogP contribution in [-0.4, -0.2) is 58.4 Å². The van der Waals surface area contributed by atoms with Gasteiger partial charge in [-0.3, -0.25) is 14.7 Å². The molecule has 3 aliphatic heterocycles. The minimum atomic E-state index is -0.660. The SMILES string of the molecule is C[C@@H]1N=C(C(C)(C)C)N2CC(N3CC(C(=O)O)C3)CC2=C1C(C)(C)C. The van der Waals surface area contributed by atoms with Crippen LogP contribution in [0.25, 0.3) is 0 Å². The van der Waals surface area contributed by atoms with E-state index < -0.39 is 5.97 Å². The van der Waals surface area contributed by atoms with E-state index >= 15 is 0 Å².